The smallest absolute Gasteiger partial charge is 0.107 e. The maximum absolute atomic E-state index is 5.58. The predicted molar refractivity (Wildman–Crippen MR) is 57.1 cm³/mol. The van der Waals surface area contributed by atoms with Gasteiger partial charge in [-0.25, -0.2) is 0 Å². The molecule has 14 heavy (non-hydrogen) atoms. The van der Waals surface area contributed by atoms with Crippen LogP contribution in [0.2, 0.25) is 0 Å². The first kappa shape index (κ1) is 8.49. The van der Waals surface area contributed by atoms with Gasteiger partial charge in [-0.2, -0.15) is 0 Å². The molecular formula is C13H16O. The zero-order valence-electron chi connectivity index (χ0n) is 8.41. The Balaban J connectivity index is 1.94. The van der Waals surface area contributed by atoms with Gasteiger partial charge >= 0.3 is 0 Å². The average Bonchev–Trinajstić information content (AvgIpc) is 2.81. The summed E-state index contributed by atoms with van der Waals surface area (Å²) in [7, 11) is 0. The Morgan fingerprint density at radius 3 is 2.00 bits per heavy atom. The van der Waals surface area contributed by atoms with E-state index in [-0.39, 0.29) is 0 Å². The fraction of sp³-hybridized carbons (Fsp3) is 0.538. The summed E-state index contributed by atoms with van der Waals surface area (Å²) in [6, 6.07) is 0. The van der Waals surface area contributed by atoms with Gasteiger partial charge in [0.15, 0.2) is 0 Å². The molecule has 3 aliphatic rings. The fourth-order valence-electron chi connectivity index (χ4n) is 2.32. The van der Waals surface area contributed by atoms with E-state index in [1.54, 1.807) is 0 Å². The Kier molecular flexibility index (Phi) is 2.06. The van der Waals surface area contributed by atoms with Crippen LogP contribution in [-0.4, -0.2) is 12.2 Å². The number of allylic oxidation sites excluding steroid dienone is 4. The van der Waals surface area contributed by atoms with Crippen molar-refractivity contribution >= 4 is 0 Å². The van der Waals surface area contributed by atoms with Crippen LogP contribution in [0.4, 0.5) is 0 Å². The highest BCUT2D eigenvalue weighted by Crippen LogP contribution is 2.32. The highest BCUT2D eigenvalue weighted by Gasteiger charge is 2.35. The van der Waals surface area contributed by atoms with Gasteiger partial charge in [-0.1, -0.05) is 18.6 Å². The van der Waals surface area contributed by atoms with Crippen molar-refractivity contribution < 1.29 is 4.74 Å². The highest BCUT2D eigenvalue weighted by molar-refractivity contribution is 5.35. The van der Waals surface area contributed by atoms with E-state index in [0.717, 1.165) is 0 Å². The SMILES string of the molecule is C1=C2/C=C\C(=C/C3OC13)CCCCC2. The summed E-state index contributed by atoms with van der Waals surface area (Å²) in [5.74, 6) is 0. The molecule has 0 aromatic rings. The molecule has 0 aromatic heterocycles. The summed E-state index contributed by atoms with van der Waals surface area (Å²) in [4.78, 5) is 0. The first-order valence-electron chi connectivity index (χ1n) is 5.67. The van der Waals surface area contributed by atoms with Gasteiger partial charge < -0.3 is 4.74 Å². The Bertz CT molecular complexity index is 292. The first-order chi connectivity index (χ1) is 6.92. The van der Waals surface area contributed by atoms with Crippen LogP contribution in [-0.2, 0) is 4.74 Å². The highest BCUT2D eigenvalue weighted by atomic mass is 16.6. The van der Waals surface area contributed by atoms with E-state index in [1.807, 2.05) is 0 Å². The maximum atomic E-state index is 5.58. The fourth-order valence-corrected chi connectivity index (χ4v) is 2.32. The summed E-state index contributed by atoms with van der Waals surface area (Å²) in [5, 5.41) is 0. The second-order valence-corrected chi connectivity index (χ2v) is 4.44. The first-order valence-corrected chi connectivity index (χ1v) is 5.67. The monoisotopic (exact) mass is 188 g/mol. The van der Waals surface area contributed by atoms with Crippen molar-refractivity contribution in [3.05, 3.63) is 35.5 Å². The van der Waals surface area contributed by atoms with E-state index in [9.17, 15) is 0 Å². The van der Waals surface area contributed by atoms with Crippen molar-refractivity contribution in [3.63, 3.8) is 0 Å². The normalized spacial score (nSPS) is 41.4. The maximum Gasteiger partial charge on any atom is 0.107 e. The molecule has 0 saturated carbocycles. The second kappa shape index (κ2) is 3.39. The van der Waals surface area contributed by atoms with Gasteiger partial charge in [0.1, 0.15) is 12.2 Å². The van der Waals surface area contributed by atoms with Crippen LogP contribution in [0.3, 0.4) is 0 Å². The van der Waals surface area contributed by atoms with E-state index >= 15 is 0 Å². The zero-order chi connectivity index (χ0) is 9.38. The van der Waals surface area contributed by atoms with Crippen molar-refractivity contribution in [2.75, 3.05) is 0 Å². The Labute approximate surface area is 85.1 Å². The van der Waals surface area contributed by atoms with Gasteiger partial charge in [-0.3, -0.25) is 0 Å². The minimum atomic E-state index is 0.392. The van der Waals surface area contributed by atoms with Crippen LogP contribution in [0.1, 0.15) is 32.1 Å². The Morgan fingerprint density at radius 2 is 1.43 bits per heavy atom. The predicted octanol–water partition coefficient (Wildman–Crippen LogP) is 3.14. The molecule has 0 aromatic carbocycles. The third-order valence-corrected chi connectivity index (χ3v) is 3.26. The van der Waals surface area contributed by atoms with E-state index < -0.39 is 0 Å². The number of hydrogen-bond donors (Lipinski definition) is 0. The van der Waals surface area contributed by atoms with Gasteiger partial charge in [0.25, 0.3) is 0 Å². The summed E-state index contributed by atoms with van der Waals surface area (Å²) in [6.07, 6.45) is 16.5. The van der Waals surface area contributed by atoms with E-state index in [4.69, 9.17) is 4.74 Å². The minimum Gasteiger partial charge on any atom is -0.361 e. The molecule has 2 bridgehead atoms. The lowest BCUT2D eigenvalue weighted by Gasteiger charge is -2.01. The lowest BCUT2D eigenvalue weighted by atomic mass is 10.0. The van der Waals surface area contributed by atoms with Gasteiger partial charge in [-0.05, 0) is 49.0 Å². The Morgan fingerprint density at radius 1 is 0.857 bits per heavy atom. The molecule has 0 amide bonds. The minimum absolute atomic E-state index is 0.392. The summed E-state index contributed by atoms with van der Waals surface area (Å²) < 4.78 is 5.58. The van der Waals surface area contributed by atoms with E-state index in [1.165, 1.54) is 43.3 Å². The molecule has 74 valence electrons. The van der Waals surface area contributed by atoms with Crippen molar-refractivity contribution in [1.29, 1.82) is 0 Å². The van der Waals surface area contributed by atoms with Crippen LogP contribution in [0.15, 0.2) is 35.5 Å². The molecule has 0 radical (unpaired) electrons. The number of epoxide rings is 1. The topological polar surface area (TPSA) is 12.5 Å². The van der Waals surface area contributed by atoms with Crippen LogP contribution < -0.4 is 0 Å². The van der Waals surface area contributed by atoms with Crippen molar-refractivity contribution in [1.82, 2.24) is 0 Å². The average molecular weight is 188 g/mol. The van der Waals surface area contributed by atoms with E-state index in [2.05, 4.69) is 24.3 Å². The standard InChI is InChI=1S/C13H16O/c1-2-4-10-6-7-11(5-3-1)9-13-12(8-10)14-13/h6-9,12-13H,1-5H2/b7-6-,10-8-,11-9?. The summed E-state index contributed by atoms with van der Waals surface area (Å²) >= 11 is 0. The number of fused-ring (bicyclic) bond motifs is 3. The number of ether oxygens (including phenoxy) is 1. The molecular weight excluding hydrogens is 172 g/mol. The van der Waals surface area contributed by atoms with Gasteiger partial charge in [-0.15, -0.1) is 0 Å². The van der Waals surface area contributed by atoms with Gasteiger partial charge in [0.2, 0.25) is 0 Å². The lowest BCUT2D eigenvalue weighted by Crippen LogP contribution is -1.92. The lowest BCUT2D eigenvalue weighted by molar-refractivity contribution is 0.412. The largest absolute Gasteiger partial charge is 0.361 e. The molecule has 0 N–H and O–H groups in total. The molecule has 2 unspecified atom stereocenters. The molecule has 2 aliphatic carbocycles. The zero-order valence-corrected chi connectivity index (χ0v) is 8.41. The van der Waals surface area contributed by atoms with Crippen LogP contribution in [0, 0.1) is 0 Å². The third-order valence-electron chi connectivity index (χ3n) is 3.26. The quantitative estimate of drug-likeness (QED) is 0.532. The molecule has 3 rings (SSSR count). The molecule has 1 heteroatoms. The number of hydrogen-bond acceptors (Lipinski definition) is 1. The molecule has 1 fully saturated rings. The van der Waals surface area contributed by atoms with Crippen LogP contribution in [0.25, 0.3) is 0 Å². The second-order valence-electron chi connectivity index (χ2n) is 4.44. The molecule has 1 saturated heterocycles. The molecule has 2 atom stereocenters. The van der Waals surface area contributed by atoms with Crippen LogP contribution in [0.5, 0.6) is 0 Å². The third kappa shape index (κ3) is 1.69. The molecule has 1 heterocycles. The Hall–Kier alpha value is -0.820. The summed E-state index contributed by atoms with van der Waals surface area (Å²) in [6.45, 7) is 0. The molecule has 0 spiro atoms. The van der Waals surface area contributed by atoms with Crippen molar-refractivity contribution in [3.8, 4) is 0 Å². The van der Waals surface area contributed by atoms with Gasteiger partial charge in [0.05, 0.1) is 0 Å². The molecule has 1 nitrogen and oxygen atoms in total. The number of rotatable bonds is 0. The summed E-state index contributed by atoms with van der Waals surface area (Å²) in [5.41, 5.74) is 2.95. The van der Waals surface area contributed by atoms with Crippen molar-refractivity contribution in [2.45, 2.75) is 44.3 Å². The van der Waals surface area contributed by atoms with E-state index in [0.29, 0.717) is 12.2 Å². The van der Waals surface area contributed by atoms with Gasteiger partial charge in [0, 0.05) is 0 Å². The van der Waals surface area contributed by atoms with Crippen molar-refractivity contribution in [2.24, 2.45) is 0 Å². The molecule has 1 aliphatic heterocycles. The van der Waals surface area contributed by atoms with Crippen LogP contribution >= 0.6 is 0 Å².